The third-order valence-electron chi connectivity index (χ3n) is 3.58. The molecule has 1 aliphatic rings. The van der Waals surface area contributed by atoms with E-state index in [0.29, 0.717) is 13.1 Å². The first-order valence-electron chi connectivity index (χ1n) is 6.79. The first-order chi connectivity index (χ1) is 9.56. The Morgan fingerprint density at radius 3 is 3.00 bits per heavy atom. The quantitative estimate of drug-likeness (QED) is 0.928. The summed E-state index contributed by atoms with van der Waals surface area (Å²) in [5.41, 5.74) is 1.13. The Hall–Kier alpha value is -1.56. The van der Waals surface area contributed by atoms with Crippen LogP contribution in [-0.2, 0) is 11.3 Å². The van der Waals surface area contributed by atoms with E-state index in [1.165, 1.54) is 0 Å². The number of carboxylic acid groups (broad SMARTS) is 1. The van der Waals surface area contributed by atoms with Crippen LogP contribution in [0.3, 0.4) is 0 Å². The fourth-order valence-electron chi connectivity index (χ4n) is 2.62. The number of carboxylic acids is 1. The second-order valence-corrected chi connectivity index (χ2v) is 6.10. The lowest BCUT2D eigenvalue weighted by Gasteiger charge is -2.34. The SMILES string of the molecule is CN(Cc1ccsc1)C(=O)N1CCCC(CC(=O)O)C1. The van der Waals surface area contributed by atoms with Crippen LogP contribution in [0.4, 0.5) is 4.79 Å². The number of hydrogen-bond acceptors (Lipinski definition) is 3. The Bertz CT molecular complexity index is 461. The van der Waals surface area contributed by atoms with Crippen LogP contribution in [-0.4, -0.2) is 47.0 Å². The molecule has 0 saturated carbocycles. The molecule has 0 spiro atoms. The van der Waals surface area contributed by atoms with Gasteiger partial charge < -0.3 is 14.9 Å². The molecule has 1 saturated heterocycles. The number of aliphatic carboxylic acids is 1. The zero-order valence-electron chi connectivity index (χ0n) is 11.6. The van der Waals surface area contributed by atoms with Crippen molar-refractivity contribution in [3.05, 3.63) is 22.4 Å². The van der Waals surface area contributed by atoms with Crippen molar-refractivity contribution in [3.8, 4) is 0 Å². The van der Waals surface area contributed by atoms with Gasteiger partial charge in [-0.15, -0.1) is 0 Å². The maximum atomic E-state index is 12.4. The van der Waals surface area contributed by atoms with Crippen molar-refractivity contribution in [2.75, 3.05) is 20.1 Å². The van der Waals surface area contributed by atoms with Gasteiger partial charge in [0.05, 0.1) is 0 Å². The van der Waals surface area contributed by atoms with Gasteiger partial charge in [0.15, 0.2) is 0 Å². The molecule has 1 N–H and O–H groups in total. The van der Waals surface area contributed by atoms with Gasteiger partial charge in [-0.3, -0.25) is 4.79 Å². The smallest absolute Gasteiger partial charge is 0.320 e. The van der Waals surface area contributed by atoms with Gasteiger partial charge >= 0.3 is 12.0 Å². The molecule has 1 aromatic rings. The van der Waals surface area contributed by atoms with E-state index in [2.05, 4.69) is 0 Å². The van der Waals surface area contributed by atoms with Crippen molar-refractivity contribution in [2.45, 2.75) is 25.8 Å². The van der Waals surface area contributed by atoms with Crippen molar-refractivity contribution in [1.29, 1.82) is 0 Å². The van der Waals surface area contributed by atoms with Gasteiger partial charge in [0, 0.05) is 33.1 Å². The highest BCUT2D eigenvalue weighted by Crippen LogP contribution is 2.21. The third-order valence-corrected chi connectivity index (χ3v) is 4.31. The fourth-order valence-corrected chi connectivity index (χ4v) is 3.28. The molecule has 1 unspecified atom stereocenters. The van der Waals surface area contributed by atoms with Gasteiger partial charge in [0.25, 0.3) is 0 Å². The highest BCUT2D eigenvalue weighted by atomic mass is 32.1. The average Bonchev–Trinajstić information content (AvgIpc) is 2.90. The molecule has 1 aliphatic heterocycles. The van der Waals surface area contributed by atoms with E-state index >= 15 is 0 Å². The molecule has 2 heterocycles. The summed E-state index contributed by atoms with van der Waals surface area (Å²) in [5, 5.41) is 12.9. The molecule has 2 amide bonds. The summed E-state index contributed by atoms with van der Waals surface area (Å²) >= 11 is 1.62. The molecule has 110 valence electrons. The number of hydrogen-bond donors (Lipinski definition) is 1. The normalized spacial score (nSPS) is 18.9. The first kappa shape index (κ1) is 14.8. The van der Waals surface area contributed by atoms with Crippen LogP contribution in [0.1, 0.15) is 24.8 Å². The highest BCUT2D eigenvalue weighted by Gasteiger charge is 2.26. The van der Waals surface area contributed by atoms with Crippen molar-refractivity contribution in [1.82, 2.24) is 9.80 Å². The lowest BCUT2D eigenvalue weighted by atomic mass is 9.95. The van der Waals surface area contributed by atoms with Gasteiger partial charge in [0.1, 0.15) is 0 Å². The molecule has 20 heavy (non-hydrogen) atoms. The number of thiophene rings is 1. The van der Waals surface area contributed by atoms with E-state index in [-0.39, 0.29) is 18.4 Å². The number of carbonyl (C=O) groups is 2. The van der Waals surface area contributed by atoms with Crippen LogP contribution < -0.4 is 0 Å². The molecule has 1 aromatic heterocycles. The first-order valence-corrected chi connectivity index (χ1v) is 7.73. The molecule has 1 atom stereocenters. The van der Waals surface area contributed by atoms with E-state index in [0.717, 1.165) is 24.9 Å². The fraction of sp³-hybridized carbons (Fsp3) is 0.571. The Morgan fingerprint density at radius 2 is 2.35 bits per heavy atom. The average molecular weight is 296 g/mol. The number of carbonyl (C=O) groups excluding carboxylic acids is 1. The predicted molar refractivity (Wildman–Crippen MR) is 77.7 cm³/mol. The number of amides is 2. The largest absolute Gasteiger partial charge is 0.481 e. The van der Waals surface area contributed by atoms with Crippen molar-refractivity contribution >= 4 is 23.3 Å². The number of likely N-dealkylation sites (tertiary alicyclic amines) is 1. The van der Waals surface area contributed by atoms with Crippen LogP contribution in [0.5, 0.6) is 0 Å². The summed E-state index contributed by atoms with van der Waals surface area (Å²) in [6.45, 7) is 1.88. The highest BCUT2D eigenvalue weighted by molar-refractivity contribution is 7.07. The summed E-state index contributed by atoms with van der Waals surface area (Å²) in [4.78, 5) is 26.6. The minimum Gasteiger partial charge on any atom is -0.481 e. The Kier molecular flexibility index (Phi) is 5.00. The van der Waals surface area contributed by atoms with Crippen LogP contribution in [0.2, 0.25) is 0 Å². The second kappa shape index (κ2) is 6.74. The Morgan fingerprint density at radius 1 is 1.55 bits per heavy atom. The molecular formula is C14H20N2O3S. The van der Waals surface area contributed by atoms with Crippen LogP contribution >= 0.6 is 11.3 Å². The van der Waals surface area contributed by atoms with E-state index in [1.807, 2.05) is 16.8 Å². The number of urea groups is 1. The Balaban J connectivity index is 1.89. The molecule has 1 fully saturated rings. The van der Waals surface area contributed by atoms with Crippen LogP contribution in [0.25, 0.3) is 0 Å². The lowest BCUT2D eigenvalue weighted by molar-refractivity contribution is -0.138. The molecule has 0 bridgehead atoms. The van der Waals surface area contributed by atoms with Crippen LogP contribution in [0, 0.1) is 5.92 Å². The van der Waals surface area contributed by atoms with E-state index in [9.17, 15) is 9.59 Å². The van der Waals surface area contributed by atoms with Gasteiger partial charge in [-0.1, -0.05) is 0 Å². The van der Waals surface area contributed by atoms with Crippen molar-refractivity contribution in [3.63, 3.8) is 0 Å². The maximum Gasteiger partial charge on any atom is 0.320 e. The minimum atomic E-state index is -0.782. The molecule has 6 heteroatoms. The molecule has 0 aliphatic carbocycles. The molecule has 2 rings (SSSR count). The second-order valence-electron chi connectivity index (χ2n) is 5.32. The van der Waals surface area contributed by atoms with Gasteiger partial charge in [-0.05, 0) is 41.1 Å². The zero-order chi connectivity index (χ0) is 14.5. The summed E-state index contributed by atoms with van der Waals surface area (Å²) in [6.07, 6.45) is 1.93. The van der Waals surface area contributed by atoms with E-state index in [4.69, 9.17) is 5.11 Å². The van der Waals surface area contributed by atoms with Crippen LogP contribution in [0.15, 0.2) is 16.8 Å². The standard InChI is InChI=1S/C14H20N2O3S/c1-15(8-12-4-6-20-10-12)14(19)16-5-2-3-11(9-16)7-13(17)18/h4,6,10-11H,2-3,5,7-9H2,1H3,(H,17,18). The number of piperidine rings is 1. The third kappa shape index (κ3) is 3.96. The predicted octanol–water partition coefficient (Wildman–Crippen LogP) is 2.49. The molecule has 0 aromatic carbocycles. The summed E-state index contributed by atoms with van der Waals surface area (Å²) in [5.74, 6) is -0.698. The van der Waals surface area contributed by atoms with Gasteiger partial charge in [-0.2, -0.15) is 11.3 Å². The summed E-state index contributed by atoms with van der Waals surface area (Å²) < 4.78 is 0. The van der Waals surface area contributed by atoms with Gasteiger partial charge in [-0.25, -0.2) is 4.79 Å². The van der Waals surface area contributed by atoms with E-state index < -0.39 is 5.97 Å². The number of rotatable bonds is 4. The molecular weight excluding hydrogens is 276 g/mol. The monoisotopic (exact) mass is 296 g/mol. The van der Waals surface area contributed by atoms with Gasteiger partial charge in [0.2, 0.25) is 0 Å². The van der Waals surface area contributed by atoms with Crippen molar-refractivity contribution in [2.24, 2.45) is 5.92 Å². The summed E-state index contributed by atoms with van der Waals surface area (Å²) in [7, 11) is 1.79. The van der Waals surface area contributed by atoms with E-state index in [1.54, 1.807) is 28.2 Å². The topological polar surface area (TPSA) is 60.9 Å². The molecule has 5 nitrogen and oxygen atoms in total. The minimum absolute atomic E-state index is 0.00807. The maximum absolute atomic E-state index is 12.4. The zero-order valence-corrected chi connectivity index (χ0v) is 12.4. The summed E-state index contributed by atoms with van der Waals surface area (Å²) in [6, 6.07) is 2.00. The lowest BCUT2D eigenvalue weighted by Crippen LogP contribution is -2.46. The molecule has 0 radical (unpaired) electrons. The van der Waals surface area contributed by atoms with Crippen molar-refractivity contribution < 1.29 is 14.7 Å². The Labute approximate surface area is 122 Å². The number of nitrogens with zero attached hydrogens (tertiary/aromatic N) is 2.